The molecule has 1 amide bonds. The van der Waals surface area contributed by atoms with Crippen LogP contribution < -0.4 is 5.32 Å². The number of anilines is 1. The number of ether oxygens (including phenoxy) is 1. The lowest BCUT2D eigenvalue weighted by molar-refractivity contribution is -0.116. The first-order valence-corrected chi connectivity index (χ1v) is 9.35. The average Bonchev–Trinajstić information content (AvgIpc) is 3.11. The number of rotatable bonds is 5. The molecule has 3 aromatic rings. The molecule has 27 heavy (non-hydrogen) atoms. The number of aromatic nitrogens is 4. The number of amides is 1. The highest BCUT2D eigenvalue weighted by Gasteiger charge is 2.19. The van der Waals surface area contributed by atoms with Crippen LogP contribution in [0.5, 0.6) is 0 Å². The topological polar surface area (TPSA) is 99.0 Å². The molecular weight excluding hydrogens is 366 g/mol. The van der Waals surface area contributed by atoms with Crippen LogP contribution in [0.2, 0.25) is 0 Å². The highest BCUT2D eigenvalue weighted by atomic mass is 32.1. The zero-order chi connectivity index (χ0) is 19.7. The van der Waals surface area contributed by atoms with Gasteiger partial charge in [-0.25, -0.2) is 14.5 Å². The fourth-order valence-electron chi connectivity index (χ4n) is 2.54. The number of nitrogens with one attached hydrogen (secondary N) is 1. The zero-order valence-corrected chi connectivity index (χ0v) is 16.7. The van der Waals surface area contributed by atoms with Crippen molar-refractivity contribution in [2.45, 2.75) is 47.3 Å². The van der Waals surface area contributed by atoms with Crippen LogP contribution in [0.25, 0.3) is 11.0 Å². The molecule has 9 heteroatoms. The van der Waals surface area contributed by atoms with E-state index in [9.17, 15) is 9.59 Å². The normalized spacial score (nSPS) is 11.2. The molecule has 0 aliphatic heterocycles. The van der Waals surface area contributed by atoms with Crippen LogP contribution in [0.1, 0.15) is 40.3 Å². The maximum atomic E-state index is 12.4. The quantitative estimate of drug-likeness (QED) is 0.676. The summed E-state index contributed by atoms with van der Waals surface area (Å²) in [5, 5.41) is 11.2. The summed E-state index contributed by atoms with van der Waals surface area (Å²) in [5.74, 6) is -0.730. The van der Waals surface area contributed by atoms with Crippen molar-refractivity contribution in [2.75, 3.05) is 5.32 Å². The number of carbonyl (C=O) groups is 2. The van der Waals surface area contributed by atoms with Gasteiger partial charge in [0.25, 0.3) is 0 Å². The molecule has 1 aromatic carbocycles. The van der Waals surface area contributed by atoms with E-state index in [1.807, 2.05) is 26.0 Å². The minimum atomic E-state index is -0.436. The molecule has 0 atom stereocenters. The Kier molecular flexibility index (Phi) is 5.22. The monoisotopic (exact) mass is 387 g/mol. The minimum Gasteiger partial charge on any atom is -0.459 e. The molecule has 8 nitrogen and oxygen atoms in total. The van der Waals surface area contributed by atoms with Gasteiger partial charge in [-0.15, -0.1) is 5.10 Å². The first kappa shape index (κ1) is 19.0. The lowest BCUT2D eigenvalue weighted by atomic mass is 10.1. The van der Waals surface area contributed by atoms with Crippen LogP contribution in [0.15, 0.2) is 12.1 Å². The van der Waals surface area contributed by atoms with E-state index in [-0.39, 0.29) is 18.6 Å². The smallest absolute Gasteiger partial charge is 0.350 e. The third kappa shape index (κ3) is 4.13. The predicted molar refractivity (Wildman–Crippen MR) is 103 cm³/mol. The van der Waals surface area contributed by atoms with Gasteiger partial charge in [0.05, 0.1) is 17.3 Å². The van der Waals surface area contributed by atoms with E-state index in [0.29, 0.717) is 15.7 Å². The third-order valence-corrected chi connectivity index (χ3v) is 5.05. The SMILES string of the molecule is Cc1cc2nnn(CC(=O)Nc3nc(C)c(C(=O)OC(C)C)s3)c2cc1C. The largest absolute Gasteiger partial charge is 0.459 e. The van der Waals surface area contributed by atoms with Crippen LogP contribution in [-0.2, 0) is 16.1 Å². The van der Waals surface area contributed by atoms with Crippen LogP contribution in [0.3, 0.4) is 0 Å². The van der Waals surface area contributed by atoms with Crippen LogP contribution >= 0.6 is 11.3 Å². The van der Waals surface area contributed by atoms with Crippen molar-refractivity contribution in [3.63, 3.8) is 0 Å². The van der Waals surface area contributed by atoms with Crippen LogP contribution in [0, 0.1) is 20.8 Å². The fourth-order valence-corrected chi connectivity index (χ4v) is 3.41. The Balaban J connectivity index is 1.73. The van der Waals surface area contributed by atoms with Crippen molar-refractivity contribution >= 4 is 39.4 Å². The predicted octanol–water partition coefficient (Wildman–Crippen LogP) is 3.02. The van der Waals surface area contributed by atoms with Gasteiger partial charge in [0.2, 0.25) is 5.91 Å². The number of esters is 1. The summed E-state index contributed by atoms with van der Waals surface area (Å²) in [6, 6.07) is 3.91. The summed E-state index contributed by atoms with van der Waals surface area (Å²) in [6.07, 6.45) is -0.218. The van der Waals surface area contributed by atoms with E-state index in [2.05, 4.69) is 20.6 Å². The number of thiazole rings is 1. The number of aryl methyl sites for hydroxylation is 3. The van der Waals surface area contributed by atoms with E-state index in [0.717, 1.165) is 33.5 Å². The number of hydrogen-bond acceptors (Lipinski definition) is 7. The van der Waals surface area contributed by atoms with Crippen molar-refractivity contribution < 1.29 is 14.3 Å². The molecule has 2 aromatic heterocycles. The molecule has 0 radical (unpaired) electrons. The number of nitrogens with zero attached hydrogens (tertiary/aromatic N) is 4. The second kappa shape index (κ2) is 7.43. The Labute approximate surface area is 160 Å². The second-order valence-corrected chi connectivity index (χ2v) is 7.61. The van der Waals surface area contributed by atoms with Crippen molar-refractivity contribution in [1.82, 2.24) is 20.0 Å². The molecule has 3 rings (SSSR count). The summed E-state index contributed by atoms with van der Waals surface area (Å²) < 4.78 is 6.73. The number of benzene rings is 1. The van der Waals surface area contributed by atoms with Gasteiger partial charge in [-0.2, -0.15) is 0 Å². The summed E-state index contributed by atoms with van der Waals surface area (Å²) in [5.41, 5.74) is 4.30. The third-order valence-electron chi connectivity index (χ3n) is 3.99. The molecule has 0 saturated carbocycles. The Morgan fingerprint density at radius 1 is 1.22 bits per heavy atom. The van der Waals surface area contributed by atoms with E-state index >= 15 is 0 Å². The number of fused-ring (bicyclic) bond motifs is 1. The molecular formula is C18H21N5O3S. The number of hydrogen-bond donors (Lipinski definition) is 1. The maximum absolute atomic E-state index is 12.4. The van der Waals surface area contributed by atoms with Crippen molar-refractivity contribution in [1.29, 1.82) is 0 Å². The molecule has 142 valence electrons. The van der Waals surface area contributed by atoms with Gasteiger partial charge in [0, 0.05) is 0 Å². The Morgan fingerprint density at radius 3 is 2.63 bits per heavy atom. The van der Waals surface area contributed by atoms with Gasteiger partial charge >= 0.3 is 5.97 Å². The van der Waals surface area contributed by atoms with Crippen molar-refractivity contribution in [2.24, 2.45) is 0 Å². The minimum absolute atomic E-state index is 0.00338. The fraction of sp³-hybridized carbons (Fsp3) is 0.389. The standard InChI is InChI=1S/C18H21N5O3S/c1-9(2)26-17(25)16-12(5)19-18(27-16)20-15(24)8-23-14-7-11(4)10(3)6-13(14)21-22-23/h6-7,9H,8H2,1-5H3,(H,19,20,24). The summed E-state index contributed by atoms with van der Waals surface area (Å²) in [7, 11) is 0. The van der Waals surface area contributed by atoms with Crippen molar-refractivity contribution in [3.8, 4) is 0 Å². The van der Waals surface area contributed by atoms with E-state index in [1.165, 1.54) is 0 Å². The molecule has 0 bridgehead atoms. The summed E-state index contributed by atoms with van der Waals surface area (Å²) >= 11 is 1.10. The summed E-state index contributed by atoms with van der Waals surface area (Å²) in [4.78, 5) is 29.1. The Bertz CT molecular complexity index is 1020. The van der Waals surface area contributed by atoms with Gasteiger partial charge in [0.15, 0.2) is 5.13 Å². The average molecular weight is 387 g/mol. The van der Waals surface area contributed by atoms with Gasteiger partial charge in [-0.1, -0.05) is 16.6 Å². The van der Waals surface area contributed by atoms with E-state index < -0.39 is 5.97 Å². The first-order chi connectivity index (χ1) is 12.7. The van der Waals surface area contributed by atoms with Crippen LogP contribution in [0.4, 0.5) is 5.13 Å². The highest BCUT2D eigenvalue weighted by Crippen LogP contribution is 2.24. The molecule has 0 fully saturated rings. The molecule has 0 aliphatic carbocycles. The molecule has 0 aliphatic rings. The summed E-state index contributed by atoms with van der Waals surface area (Å²) in [6.45, 7) is 9.28. The lowest BCUT2D eigenvalue weighted by Gasteiger charge is -2.06. The van der Waals surface area contributed by atoms with E-state index in [1.54, 1.807) is 25.5 Å². The van der Waals surface area contributed by atoms with Gasteiger partial charge < -0.3 is 10.1 Å². The molecule has 1 N–H and O–H groups in total. The van der Waals surface area contributed by atoms with Gasteiger partial charge in [-0.05, 0) is 57.9 Å². The first-order valence-electron chi connectivity index (χ1n) is 8.53. The lowest BCUT2D eigenvalue weighted by Crippen LogP contribution is -2.19. The highest BCUT2D eigenvalue weighted by molar-refractivity contribution is 7.17. The molecule has 0 spiro atoms. The van der Waals surface area contributed by atoms with Crippen molar-refractivity contribution in [3.05, 3.63) is 33.8 Å². The second-order valence-electron chi connectivity index (χ2n) is 6.61. The molecule has 0 unspecified atom stereocenters. The van der Waals surface area contributed by atoms with Gasteiger partial charge in [0.1, 0.15) is 16.9 Å². The Hall–Kier alpha value is -2.81. The molecule has 0 saturated heterocycles. The maximum Gasteiger partial charge on any atom is 0.350 e. The van der Waals surface area contributed by atoms with Crippen LogP contribution in [-0.4, -0.2) is 38.0 Å². The molecule has 2 heterocycles. The number of carbonyl (C=O) groups excluding carboxylic acids is 2. The Morgan fingerprint density at radius 2 is 1.93 bits per heavy atom. The van der Waals surface area contributed by atoms with Gasteiger partial charge in [-0.3, -0.25) is 4.79 Å². The van der Waals surface area contributed by atoms with E-state index in [4.69, 9.17) is 4.74 Å². The zero-order valence-electron chi connectivity index (χ0n) is 15.9.